The molecule has 0 spiro atoms. The van der Waals surface area contributed by atoms with Crippen molar-refractivity contribution in [2.45, 2.75) is 6.92 Å². The first kappa shape index (κ1) is 13.9. The molecule has 0 bridgehead atoms. The van der Waals surface area contributed by atoms with Gasteiger partial charge in [-0.1, -0.05) is 23.2 Å². The summed E-state index contributed by atoms with van der Waals surface area (Å²) >= 11 is 11.7. The highest BCUT2D eigenvalue weighted by Crippen LogP contribution is 2.25. The topological polar surface area (TPSA) is 49.0 Å². The minimum atomic E-state index is -0.213. The largest absolute Gasteiger partial charge is 0.339 e. The van der Waals surface area contributed by atoms with E-state index in [9.17, 15) is 4.79 Å². The van der Waals surface area contributed by atoms with Gasteiger partial charge in [0.05, 0.1) is 17.0 Å². The molecular formula is C11H13Cl2N3O. The fourth-order valence-corrected chi connectivity index (χ4v) is 1.85. The van der Waals surface area contributed by atoms with Gasteiger partial charge in [0.2, 0.25) is 0 Å². The Morgan fingerprint density at radius 2 is 2.24 bits per heavy atom. The minimum Gasteiger partial charge on any atom is -0.339 e. The SMILES string of the molecule is C[C@@H](C#N)CN(C)C(=O)c1cc(Cl)c(Cl)n1C. The number of carbonyl (C=O) groups is 1. The summed E-state index contributed by atoms with van der Waals surface area (Å²) in [6, 6.07) is 3.61. The molecule has 0 unspecified atom stereocenters. The second kappa shape index (κ2) is 5.44. The van der Waals surface area contributed by atoms with Crippen LogP contribution in [0, 0.1) is 17.2 Å². The first-order valence-electron chi connectivity index (χ1n) is 5.04. The Bertz CT molecular complexity index is 476. The lowest BCUT2D eigenvalue weighted by atomic mass is 10.2. The van der Waals surface area contributed by atoms with Gasteiger partial charge in [-0.05, 0) is 13.0 Å². The number of nitrogens with zero attached hydrogens (tertiary/aromatic N) is 3. The number of amides is 1. The van der Waals surface area contributed by atoms with Gasteiger partial charge in [0, 0.05) is 20.6 Å². The first-order chi connectivity index (χ1) is 7.88. The van der Waals surface area contributed by atoms with Crippen LogP contribution < -0.4 is 0 Å². The van der Waals surface area contributed by atoms with Gasteiger partial charge in [-0.3, -0.25) is 4.79 Å². The van der Waals surface area contributed by atoms with E-state index in [0.717, 1.165) is 0 Å². The Morgan fingerprint density at radius 1 is 1.65 bits per heavy atom. The molecule has 0 aromatic carbocycles. The van der Waals surface area contributed by atoms with Gasteiger partial charge in [-0.2, -0.15) is 5.26 Å². The van der Waals surface area contributed by atoms with Crippen molar-refractivity contribution in [1.29, 1.82) is 5.26 Å². The average Bonchev–Trinajstić information content (AvgIpc) is 2.55. The van der Waals surface area contributed by atoms with Crippen LogP contribution >= 0.6 is 23.2 Å². The molecule has 0 aliphatic heterocycles. The maximum absolute atomic E-state index is 12.1. The summed E-state index contributed by atoms with van der Waals surface area (Å²) in [5.74, 6) is -0.418. The Morgan fingerprint density at radius 3 is 2.65 bits per heavy atom. The van der Waals surface area contributed by atoms with Gasteiger partial charge < -0.3 is 9.47 Å². The van der Waals surface area contributed by atoms with E-state index >= 15 is 0 Å². The minimum absolute atomic E-state index is 0.205. The molecule has 0 saturated heterocycles. The van der Waals surface area contributed by atoms with Crippen molar-refractivity contribution in [1.82, 2.24) is 9.47 Å². The third-order valence-electron chi connectivity index (χ3n) is 2.45. The van der Waals surface area contributed by atoms with Gasteiger partial charge in [0.1, 0.15) is 10.8 Å². The molecule has 1 heterocycles. The average molecular weight is 274 g/mol. The molecule has 0 N–H and O–H groups in total. The number of carbonyl (C=O) groups excluding carboxylic acids is 1. The Balaban J connectivity index is 2.90. The second-order valence-corrected chi connectivity index (χ2v) is 4.71. The molecule has 0 saturated carbocycles. The maximum Gasteiger partial charge on any atom is 0.270 e. The van der Waals surface area contributed by atoms with Crippen molar-refractivity contribution < 1.29 is 4.79 Å². The van der Waals surface area contributed by atoms with Crippen molar-refractivity contribution in [3.63, 3.8) is 0 Å². The number of rotatable bonds is 3. The highest BCUT2D eigenvalue weighted by Gasteiger charge is 2.20. The van der Waals surface area contributed by atoms with E-state index in [4.69, 9.17) is 28.5 Å². The van der Waals surface area contributed by atoms with Gasteiger partial charge in [0.25, 0.3) is 5.91 Å². The fraction of sp³-hybridized carbons (Fsp3) is 0.455. The summed E-state index contributed by atoms with van der Waals surface area (Å²) in [4.78, 5) is 13.5. The third-order valence-corrected chi connectivity index (χ3v) is 3.29. The molecule has 17 heavy (non-hydrogen) atoms. The molecule has 92 valence electrons. The number of nitriles is 1. The normalized spacial score (nSPS) is 12.0. The van der Waals surface area contributed by atoms with Gasteiger partial charge >= 0.3 is 0 Å². The summed E-state index contributed by atoms with van der Waals surface area (Å²) in [6.07, 6.45) is 0. The molecular weight excluding hydrogens is 261 g/mol. The van der Waals surface area contributed by atoms with Crippen molar-refractivity contribution in [3.05, 3.63) is 21.9 Å². The molecule has 0 aliphatic carbocycles. The number of aromatic nitrogens is 1. The molecule has 1 rings (SSSR count). The van der Waals surface area contributed by atoms with E-state index in [0.29, 0.717) is 22.4 Å². The lowest BCUT2D eigenvalue weighted by Gasteiger charge is -2.18. The van der Waals surface area contributed by atoms with E-state index in [-0.39, 0.29) is 11.8 Å². The smallest absolute Gasteiger partial charge is 0.270 e. The third kappa shape index (κ3) is 2.93. The van der Waals surface area contributed by atoms with Gasteiger partial charge in [0.15, 0.2) is 0 Å². The van der Waals surface area contributed by atoms with Crippen molar-refractivity contribution in [2.24, 2.45) is 13.0 Å². The standard InChI is InChI=1S/C11H13Cl2N3O/c1-7(5-14)6-15(2)11(17)9-4-8(12)10(13)16(9)3/h4,7H,6H2,1-3H3/t7-/m0/s1. The van der Waals surface area contributed by atoms with Gasteiger partial charge in [-0.15, -0.1) is 0 Å². The summed E-state index contributed by atoms with van der Waals surface area (Å²) in [5.41, 5.74) is 0.410. The second-order valence-electron chi connectivity index (χ2n) is 3.94. The zero-order valence-corrected chi connectivity index (χ0v) is 11.4. The predicted octanol–water partition coefficient (Wildman–Crippen LogP) is 2.56. The lowest BCUT2D eigenvalue weighted by Crippen LogP contribution is -2.31. The summed E-state index contributed by atoms with van der Waals surface area (Å²) in [5, 5.41) is 9.38. The number of halogens is 2. The lowest BCUT2D eigenvalue weighted by molar-refractivity contribution is 0.0775. The Hall–Kier alpha value is -1.18. The monoisotopic (exact) mass is 273 g/mol. The van der Waals surface area contributed by atoms with Crippen LogP contribution in [0.25, 0.3) is 0 Å². The van der Waals surface area contributed by atoms with E-state index in [1.165, 1.54) is 15.5 Å². The molecule has 6 heteroatoms. The molecule has 4 nitrogen and oxygen atoms in total. The zero-order chi connectivity index (χ0) is 13.2. The van der Waals surface area contributed by atoms with Crippen LogP contribution in [0.4, 0.5) is 0 Å². The van der Waals surface area contributed by atoms with Crippen LogP contribution in [-0.2, 0) is 7.05 Å². The molecule has 1 amide bonds. The highest BCUT2D eigenvalue weighted by molar-refractivity contribution is 6.41. The van der Waals surface area contributed by atoms with Crippen LogP contribution in [0.1, 0.15) is 17.4 Å². The number of hydrogen-bond donors (Lipinski definition) is 0. The van der Waals surface area contributed by atoms with Crippen molar-refractivity contribution >= 4 is 29.1 Å². The van der Waals surface area contributed by atoms with Crippen LogP contribution in [0.2, 0.25) is 10.2 Å². The molecule has 0 aliphatic rings. The summed E-state index contributed by atoms with van der Waals surface area (Å²) < 4.78 is 1.53. The molecule has 1 aromatic rings. The molecule has 0 radical (unpaired) electrons. The maximum atomic E-state index is 12.1. The quantitative estimate of drug-likeness (QED) is 0.850. The van der Waals surface area contributed by atoms with E-state index in [1.807, 2.05) is 0 Å². The molecule has 1 atom stereocenters. The van der Waals surface area contributed by atoms with Crippen LogP contribution in [0.15, 0.2) is 6.07 Å². The van der Waals surface area contributed by atoms with Crippen LogP contribution in [0.5, 0.6) is 0 Å². The Kier molecular flexibility index (Phi) is 4.44. The molecule has 0 fully saturated rings. The van der Waals surface area contributed by atoms with Crippen molar-refractivity contribution in [2.75, 3.05) is 13.6 Å². The fourth-order valence-electron chi connectivity index (χ4n) is 1.48. The van der Waals surface area contributed by atoms with E-state index in [1.54, 1.807) is 21.0 Å². The van der Waals surface area contributed by atoms with Crippen molar-refractivity contribution in [3.8, 4) is 6.07 Å². The predicted molar refractivity (Wildman–Crippen MR) is 67.2 cm³/mol. The first-order valence-corrected chi connectivity index (χ1v) is 5.79. The summed E-state index contributed by atoms with van der Waals surface area (Å²) in [6.45, 7) is 2.13. The van der Waals surface area contributed by atoms with E-state index in [2.05, 4.69) is 6.07 Å². The Labute approximate surface area is 110 Å². The summed E-state index contributed by atoms with van der Waals surface area (Å²) in [7, 11) is 3.31. The number of hydrogen-bond acceptors (Lipinski definition) is 2. The van der Waals surface area contributed by atoms with Gasteiger partial charge in [-0.25, -0.2) is 0 Å². The van der Waals surface area contributed by atoms with E-state index < -0.39 is 0 Å². The van der Waals surface area contributed by atoms with Crippen LogP contribution in [0.3, 0.4) is 0 Å². The zero-order valence-electron chi connectivity index (χ0n) is 9.87. The highest BCUT2D eigenvalue weighted by atomic mass is 35.5. The van der Waals surface area contributed by atoms with Crippen LogP contribution in [-0.4, -0.2) is 29.0 Å². The molecule has 1 aromatic heterocycles.